The van der Waals surface area contributed by atoms with Crippen molar-refractivity contribution in [3.63, 3.8) is 0 Å². The Hall–Kier alpha value is -2.46. The summed E-state index contributed by atoms with van der Waals surface area (Å²) < 4.78 is 32.0. The number of carbonyl (C=O) groups is 1. The van der Waals surface area contributed by atoms with Crippen molar-refractivity contribution in [3.05, 3.63) is 36.9 Å². The zero-order chi connectivity index (χ0) is 16.9. The average Bonchev–Trinajstić information content (AvgIpc) is 2.93. The normalized spacial score (nSPS) is 10.8. The zero-order valence-electron chi connectivity index (χ0n) is 12.1. The molecule has 2 aromatic rings. The quantitative estimate of drug-likeness (QED) is 0.580. The molecule has 0 aliphatic heterocycles. The van der Waals surface area contributed by atoms with Crippen LogP contribution in [0.1, 0.15) is 6.92 Å². The lowest BCUT2D eigenvalue weighted by Gasteiger charge is -2.07. The Kier molecular flexibility index (Phi) is 5.29. The van der Waals surface area contributed by atoms with Crippen molar-refractivity contribution >= 4 is 38.1 Å². The lowest BCUT2D eigenvalue weighted by Crippen LogP contribution is -2.12. The van der Waals surface area contributed by atoms with E-state index in [4.69, 9.17) is 4.74 Å². The number of sulfonamides is 1. The molecular formula is C13H14N4O4S2. The minimum Gasteiger partial charge on any atom is -0.489 e. The van der Waals surface area contributed by atoms with Gasteiger partial charge in [-0.3, -0.25) is 9.52 Å². The van der Waals surface area contributed by atoms with Crippen LogP contribution in [0.15, 0.2) is 41.3 Å². The molecule has 2 N–H and O–H groups in total. The lowest BCUT2D eigenvalue weighted by molar-refractivity contribution is -0.114. The van der Waals surface area contributed by atoms with Gasteiger partial charge in [0.2, 0.25) is 11.0 Å². The van der Waals surface area contributed by atoms with E-state index in [9.17, 15) is 13.2 Å². The maximum absolute atomic E-state index is 12.3. The highest BCUT2D eigenvalue weighted by Crippen LogP contribution is 2.24. The molecule has 1 amide bonds. The maximum atomic E-state index is 12.3. The predicted octanol–water partition coefficient (Wildman–Crippen LogP) is 1.86. The van der Waals surface area contributed by atoms with Gasteiger partial charge in [-0.1, -0.05) is 30.1 Å². The third-order valence-corrected chi connectivity index (χ3v) is 4.96. The fourth-order valence-corrected chi connectivity index (χ4v) is 3.52. The van der Waals surface area contributed by atoms with Crippen molar-refractivity contribution in [2.24, 2.45) is 0 Å². The van der Waals surface area contributed by atoms with Gasteiger partial charge in [0.1, 0.15) is 12.4 Å². The summed E-state index contributed by atoms with van der Waals surface area (Å²) in [5.41, 5.74) is 0.322. The molecular weight excluding hydrogens is 340 g/mol. The maximum Gasteiger partial charge on any atom is 0.291 e. The molecule has 10 heteroatoms. The summed E-state index contributed by atoms with van der Waals surface area (Å²) in [4.78, 5) is 10.9. The molecule has 0 bridgehead atoms. The molecule has 0 fully saturated rings. The van der Waals surface area contributed by atoms with Crippen LogP contribution >= 0.6 is 11.3 Å². The van der Waals surface area contributed by atoms with E-state index >= 15 is 0 Å². The van der Waals surface area contributed by atoms with E-state index in [2.05, 4.69) is 26.8 Å². The second-order valence-corrected chi connectivity index (χ2v) is 7.12. The van der Waals surface area contributed by atoms with Crippen molar-refractivity contribution in [1.82, 2.24) is 10.2 Å². The molecule has 122 valence electrons. The van der Waals surface area contributed by atoms with Crippen molar-refractivity contribution in [2.75, 3.05) is 16.6 Å². The first kappa shape index (κ1) is 16.9. The zero-order valence-corrected chi connectivity index (χ0v) is 13.8. The molecule has 0 aliphatic carbocycles. The first-order valence-electron chi connectivity index (χ1n) is 6.38. The van der Waals surface area contributed by atoms with Crippen molar-refractivity contribution in [1.29, 1.82) is 0 Å². The molecule has 0 saturated carbocycles. The van der Waals surface area contributed by atoms with E-state index in [-0.39, 0.29) is 15.4 Å². The lowest BCUT2D eigenvalue weighted by atomic mass is 10.3. The topological polar surface area (TPSA) is 110 Å². The van der Waals surface area contributed by atoms with E-state index in [0.717, 1.165) is 11.3 Å². The molecule has 0 saturated heterocycles. The number of ether oxygens (including phenoxy) is 1. The minimum atomic E-state index is -3.90. The summed E-state index contributed by atoms with van der Waals surface area (Å²) in [5.74, 6) is 0.145. The number of hydrogen-bond donors (Lipinski definition) is 2. The van der Waals surface area contributed by atoms with Crippen LogP contribution in [0.5, 0.6) is 5.75 Å². The Bertz CT molecular complexity index is 817. The van der Waals surface area contributed by atoms with E-state index in [0.29, 0.717) is 18.0 Å². The van der Waals surface area contributed by atoms with Crippen LogP contribution in [-0.2, 0) is 14.8 Å². The van der Waals surface area contributed by atoms with Crippen molar-refractivity contribution in [2.45, 2.75) is 11.3 Å². The van der Waals surface area contributed by atoms with Crippen molar-refractivity contribution in [3.8, 4) is 5.75 Å². The third-order valence-electron chi connectivity index (χ3n) is 2.37. The van der Waals surface area contributed by atoms with E-state index < -0.39 is 10.0 Å². The van der Waals surface area contributed by atoms with Crippen LogP contribution in [-0.4, -0.2) is 31.1 Å². The fraction of sp³-hybridized carbons (Fsp3) is 0.154. The second kappa shape index (κ2) is 7.20. The van der Waals surface area contributed by atoms with Crippen LogP contribution in [0.25, 0.3) is 0 Å². The Morgan fingerprint density at radius 2 is 2.22 bits per heavy atom. The van der Waals surface area contributed by atoms with Gasteiger partial charge in [0.25, 0.3) is 14.4 Å². The summed E-state index contributed by atoms with van der Waals surface area (Å²) in [6.07, 6.45) is 1.58. The van der Waals surface area contributed by atoms with Crippen LogP contribution < -0.4 is 14.8 Å². The number of amides is 1. The first-order valence-corrected chi connectivity index (χ1v) is 8.68. The highest BCUT2D eigenvalue weighted by molar-refractivity contribution is 7.94. The van der Waals surface area contributed by atoms with Gasteiger partial charge in [0.05, 0.1) is 5.69 Å². The largest absolute Gasteiger partial charge is 0.489 e. The standard InChI is InChI=1S/C13H14N4O4S2/c1-3-7-21-11-6-4-5-10(8-11)17-23(19,20)13-16-15-12(22-13)14-9(2)18/h3-6,8,17H,1,7H2,2H3,(H,14,15,18). The van der Waals surface area contributed by atoms with Crippen LogP contribution in [0.2, 0.25) is 0 Å². The van der Waals surface area contributed by atoms with Gasteiger partial charge < -0.3 is 10.1 Å². The number of anilines is 2. The Labute approximate surface area is 137 Å². The molecule has 1 aromatic heterocycles. The number of hydrogen-bond acceptors (Lipinski definition) is 7. The predicted molar refractivity (Wildman–Crippen MR) is 87.2 cm³/mol. The number of aromatic nitrogens is 2. The Balaban J connectivity index is 2.16. The highest BCUT2D eigenvalue weighted by Gasteiger charge is 2.21. The molecule has 0 aliphatic rings. The molecule has 0 spiro atoms. The Morgan fingerprint density at radius 3 is 2.91 bits per heavy atom. The molecule has 0 atom stereocenters. The van der Waals surface area contributed by atoms with Gasteiger partial charge in [-0.2, -0.15) is 8.42 Å². The van der Waals surface area contributed by atoms with Gasteiger partial charge in [0.15, 0.2) is 0 Å². The molecule has 1 heterocycles. The molecule has 1 aromatic carbocycles. The Morgan fingerprint density at radius 1 is 1.43 bits per heavy atom. The molecule has 0 unspecified atom stereocenters. The number of nitrogens with zero attached hydrogens (tertiary/aromatic N) is 2. The number of rotatable bonds is 7. The summed E-state index contributed by atoms with van der Waals surface area (Å²) in [6, 6.07) is 6.46. The third kappa shape index (κ3) is 4.76. The summed E-state index contributed by atoms with van der Waals surface area (Å²) in [5, 5.41) is 9.66. The van der Waals surface area contributed by atoms with Gasteiger partial charge in [-0.15, -0.1) is 10.2 Å². The summed E-state index contributed by atoms with van der Waals surface area (Å²) in [7, 11) is -3.90. The highest BCUT2D eigenvalue weighted by atomic mass is 32.2. The minimum absolute atomic E-state index is 0.112. The van der Waals surface area contributed by atoms with Gasteiger partial charge >= 0.3 is 0 Å². The molecule has 0 radical (unpaired) electrons. The first-order chi connectivity index (χ1) is 10.9. The van der Waals surface area contributed by atoms with Gasteiger partial charge in [-0.05, 0) is 12.1 Å². The molecule has 2 rings (SSSR count). The fourth-order valence-electron chi connectivity index (χ4n) is 1.52. The smallest absolute Gasteiger partial charge is 0.291 e. The van der Waals surface area contributed by atoms with Crippen LogP contribution in [0.3, 0.4) is 0 Å². The number of carbonyl (C=O) groups excluding carboxylic acids is 1. The second-order valence-electron chi connectivity index (χ2n) is 4.29. The summed E-state index contributed by atoms with van der Waals surface area (Å²) in [6.45, 7) is 5.15. The van der Waals surface area contributed by atoms with Crippen LogP contribution in [0, 0.1) is 0 Å². The van der Waals surface area contributed by atoms with Crippen molar-refractivity contribution < 1.29 is 17.9 Å². The number of nitrogens with one attached hydrogen (secondary N) is 2. The van der Waals surface area contributed by atoms with E-state index in [1.165, 1.54) is 13.0 Å². The van der Waals surface area contributed by atoms with Gasteiger partial charge in [-0.25, -0.2) is 0 Å². The SMILES string of the molecule is C=CCOc1cccc(NS(=O)(=O)c2nnc(NC(C)=O)s2)c1. The summed E-state index contributed by atoms with van der Waals surface area (Å²) >= 11 is 0.756. The van der Waals surface area contributed by atoms with Crippen LogP contribution in [0.4, 0.5) is 10.8 Å². The monoisotopic (exact) mass is 354 g/mol. The average molecular weight is 354 g/mol. The van der Waals surface area contributed by atoms with E-state index in [1.807, 2.05) is 0 Å². The molecule has 8 nitrogen and oxygen atoms in total. The molecule has 23 heavy (non-hydrogen) atoms. The van der Waals surface area contributed by atoms with E-state index in [1.54, 1.807) is 24.3 Å². The van der Waals surface area contributed by atoms with Gasteiger partial charge in [0, 0.05) is 13.0 Å². The number of benzene rings is 1.